The number of aromatic nitrogens is 2. The van der Waals surface area contributed by atoms with Crippen LogP contribution in [0.15, 0.2) is 65.5 Å². The van der Waals surface area contributed by atoms with E-state index in [1.165, 1.54) is 0 Å². The van der Waals surface area contributed by atoms with Crippen LogP contribution in [0.1, 0.15) is 0 Å². The van der Waals surface area contributed by atoms with Crippen LogP contribution in [-0.2, 0) is 7.05 Å². The van der Waals surface area contributed by atoms with Crippen LogP contribution >= 0.6 is 0 Å². The monoisotopic (exact) mass is 274 g/mol. The summed E-state index contributed by atoms with van der Waals surface area (Å²) in [6.07, 6.45) is 0. The molecule has 0 saturated heterocycles. The van der Waals surface area contributed by atoms with E-state index in [2.05, 4.69) is 23.2 Å². The van der Waals surface area contributed by atoms with E-state index in [4.69, 9.17) is 0 Å². The number of rotatable bonds is 1. The van der Waals surface area contributed by atoms with Crippen LogP contribution in [0.3, 0.4) is 0 Å². The molecular weight excluding hydrogens is 260 g/mol. The minimum atomic E-state index is 0.0145. The lowest BCUT2D eigenvalue weighted by Crippen LogP contribution is -2.14. The molecule has 0 aliphatic carbocycles. The van der Waals surface area contributed by atoms with Crippen molar-refractivity contribution < 1.29 is 0 Å². The van der Waals surface area contributed by atoms with Gasteiger partial charge in [0.2, 0.25) is 0 Å². The van der Waals surface area contributed by atoms with Crippen LogP contribution < -0.4 is 5.56 Å². The summed E-state index contributed by atoms with van der Waals surface area (Å²) in [7, 11) is 1.81. The highest BCUT2D eigenvalue weighted by atomic mass is 16.1. The molecule has 0 unspecified atom stereocenters. The van der Waals surface area contributed by atoms with Gasteiger partial charge in [-0.3, -0.25) is 4.79 Å². The van der Waals surface area contributed by atoms with Crippen LogP contribution in [0.5, 0.6) is 0 Å². The first-order chi connectivity index (χ1) is 10.2. The van der Waals surface area contributed by atoms with Crippen LogP contribution in [0.2, 0.25) is 0 Å². The lowest BCUT2D eigenvalue weighted by atomic mass is 10.1. The maximum absolute atomic E-state index is 11.8. The molecule has 4 rings (SSSR count). The molecule has 1 N–H and O–H groups in total. The van der Waals surface area contributed by atoms with Gasteiger partial charge in [-0.1, -0.05) is 30.3 Å². The number of nitrogens with one attached hydrogen (secondary N) is 1. The Labute approximate surface area is 121 Å². The van der Waals surface area contributed by atoms with Gasteiger partial charge in [0.15, 0.2) is 0 Å². The van der Waals surface area contributed by atoms with Crippen molar-refractivity contribution in [2.75, 3.05) is 0 Å². The van der Waals surface area contributed by atoms with Gasteiger partial charge >= 0.3 is 0 Å². The Kier molecular flexibility index (Phi) is 2.48. The first kappa shape index (κ1) is 12.0. The van der Waals surface area contributed by atoms with E-state index in [1.54, 1.807) is 17.7 Å². The molecule has 0 radical (unpaired) electrons. The first-order valence-corrected chi connectivity index (χ1v) is 6.91. The fourth-order valence-corrected chi connectivity index (χ4v) is 2.84. The van der Waals surface area contributed by atoms with Crippen molar-refractivity contribution in [3.05, 3.63) is 71.0 Å². The van der Waals surface area contributed by atoms with Crippen LogP contribution in [0.25, 0.3) is 33.1 Å². The predicted molar refractivity (Wildman–Crippen MR) is 86.5 cm³/mol. The van der Waals surface area contributed by atoms with E-state index in [-0.39, 0.29) is 5.56 Å². The van der Waals surface area contributed by atoms with E-state index in [0.717, 1.165) is 33.1 Å². The van der Waals surface area contributed by atoms with Gasteiger partial charge < -0.3 is 9.55 Å². The normalized spacial score (nSPS) is 11.3. The van der Waals surface area contributed by atoms with Gasteiger partial charge in [0, 0.05) is 35.1 Å². The number of hydrogen-bond acceptors (Lipinski definition) is 1. The summed E-state index contributed by atoms with van der Waals surface area (Å²) >= 11 is 0. The van der Waals surface area contributed by atoms with E-state index in [1.807, 2.05) is 36.4 Å². The van der Waals surface area contributed by atoms with Crippen LogP contribution in [0.4, 0.5) is 0 Å². The summed E-state index contributed by atoms with van der Waals surface area (Å²) in [5.74, 6) is 0. The number of pyridine rings is 1. The maximum Gasteiger partial charge on any atom is 0.250 e. The molecule has 4 aromatic rings. The number of nitrogens with zero attached hydrogens (tertiary/aromatic N) is 1. The molecule has 0 saturated carbocycles. The van der Waals surface area contributed by atoms with Gasteiger partial charge in [0.05, 0.1) is 5.52 Å². The molecule has 2 heterocycles. The number of aryl methyl sites for hydroxylation is 1. The van der Waals surface area contributed by atoms with Gasteiger partial charge in [0.1, 0.15) is 0 Å². The number of benzene rings is 2. The van der Waals surface area contributed by atoms with Crippen molar-refractivity contribution in [2.24, 2.45) is 7.05 Å². The zero-order valence-corrected chi connectivity index (χ0v) is 11.6. The van der Waals surface area contributed by atoms with Gasteiger partial charge in [-0.25, -0.2) is 0 Å². The fourth-order valence-electron chi connectivity index (χ4n) is 2.84. The summed E-state index contributed by atoms with van der Waals surface area (Å²) in [6, 6.07) is 19.9. The van der Waals surface area contributed by atoms with E-state index >= 15 is 0 Å². The third-order valence-corrected chi connectivity index (χ3v) is 3.99. The Bertz CT molecular complexity index is 1010. The van der Waals surface area contributed by atoms with Crippen molar-refractivity contribution in [2.45, 2.75) is 0 Å². The topological polar surface area (TPSA) is 37.8 Å². The zero-order valence-electron chi connectivity index (χ0n) is 11.6. The molecule has 0 fully saturated rings. The molecule has 0 spiro atoms. The van der Waals surface area contributed by atoms with E-state index in [9.17, 15) is 4.79 Å². The highest BCUT2D eigenvalue weighted by Gasteiger charge is 2.08. The van der Waals surface area contributed by atoms with Gasteiger partial charge in [-0.05, 0) is 29.8 Å². The van der Waals surface area contributed by atoms with Crippen molar-refractivity contribution >= 4 is 21.8 Å². The second kappa shape index (κ2) is 4.35. The lowest BCUT2D eigenvalue weighted by molar-refractivity contribution is 0.907. The molecule has 21 heavy (non-hydrogen) atoms. The van der Waals surface area contributed by atoms with Gasteiger partial charge in [0.25, 0.3) is 5.56 Å². The van der Waals surface area contributed by atoms with Crippen molar-refractivity contribution in [1.82, 2.24) is 9.55 Å². The minimum absolute atomic E-state index is 0.0145. The number of fused-ring (bicyclic) bond motifs is 3. The molecule has 102 valence electrons. The van der Waals surface area contributed by atoms with Crippen molar-refractivity contribution in [1.29, 1.82) is 0 Å². The van der Waals surface area contributed by atoms with E-state index < -0.39 is 0 Å². The molecule has 0 bridgehead atoms. The molecule has 3 nitrogen and oxygen atoms in total. The van der Waals surface area contributed by atoms with Crippen molar-refractivity contribution in [3.63, 3.8) is 0 Å². The highest BCUT2D eigenvalue weighted by Crippen LogP contribution is 2.29. The fraction of sp³-hybridized carbons (Fsp3) is 0.0556. The highest BCUT2D eigenvalue weighted by molar-refractivity contribution is 6.07. The van der Waals surface area contributed by atoms with Gasteiger partial charge in [-0.15, -0.1) is 0 Å². The average molecular weight is 274 g/mol. The summed E-state index contributed by atoms with van der Waals surface area (Å²) < 4.78 is 1.68. The predicted octanol–water partition coefficient (Wildman–Crippen LogP) is 3.69. The third kappa shape index (κ3) is 1.78. The number of aromatic amines is 1. The molecule has 0 atom stereocenters. The first-order valence-electron chi connectivity index (χ1n) is 6.91. The molecule has 3 heteroatoms. The maximum atomic E-state index is 11.8. The molecule has 2 aromatic heterocycles. The van der Waals surface area contributed by atoms with Crippen molar-refractivity contribution in [3.8, 4) is 11.3 Å². The molecule has 0 amide bonds. The summed E-state index contributed by atoms with van der Waals surface area (Å²) in [6.45, 7) is 0. The Morgan fingerprint density at radius 1 is 0.905 bits per heavy atom. The quantitative estimate of drug-likeness (QED) is 0.565. The molecule has 2 aromatic carbocycles. The molecule has 0 aliphatic rings. The van der Waals surface area contributed by atoms with E-state index in [0.29, 0.717) is 0 Å². The standard InChI is InChI=1S/C18H14N2O/c1-20-17-9-8-15-14(13(17)7-10-18(20)21)11-16(19-15)12-5-3-2-4-6-12/h2-11,19H,1H3. The SMILES string of the molecule is Cn1c(=O)ccc2c3cc(-c4ccccc4)[nH]c3ccc21. The second-order valence-electron chi connectivity index (χ2n) is 5.24. The second-order valence-corrected chi connectivity index (χ2v) is 5.24. The molecule has 0 aliphatic heterocycles. The average Bonchev–Trinajstić information content (AvgIpc) is 2.96. The lowest BCUT2D eigenvalue weighted by Gasteiger charge is -2.04. The summed E-state index contributed by atoms with van der Waals surface area (Å²) in [5, 5.41) is 2.23. The van der Waals surface area contributed by atoms with Crippen LogP contribution in [0, 0.1) is 0 Å². The van der Waals surface area contributed by atoms with Gasteiger partial charge in [-0.2, -0.15) is 0 Å². The Hall–Kier alpha value is -2.81. The molecular formula is C18H14N2O. The Morgan fingerprint density at radius 2 is 1.71 bits per heavy atom. The summed E-state index contributed by atoms with van der Waals surface area (Å²) in [5.41, 5.74) is 4.30. The number of H-pyrrole nitrogens is 1. The largest absolute Gasteiger partial charge is 0.355 e. The third-order valence-electron chi connectivity index (χ3n) is 3.99. The zero-order chi connectivity index (χ0) is 14.4. The smallest absolute Gasteiger partial charge is 0.250 e. The Morgan fingerprint density at radius 3 is 2.52 bits per heavy atom. The van der Waals surface area contributed by atoms with Crippen LogP contribution in [-0.4, -0.2) is 9.55 Å². The Balaban J connectivity index is 2.06. The number of hydrogen-bond donors (Lipinski definition) is 1. The minimum Gasteiger partial charge on any atom is -0.355 e. The summed E-state index contributed by atoms with van der Waals surface area (Å²) in [4.78, 5) is 15.2.